The third-order valence-electron chi connectivity index (χ3n) is 2.70. The van der Waals surface area contributed by atoms with E-state index in [1.54, 1.807) is 11.3 Å². The summed E-state index contributed by atoms with van der Waals surface area (Å²) >= 11 is 1.79. The van der Waals surface area contributed by atoms with Crippen molar-refractivity contribution in [3.8, 4) is 0 Å². The average molecular weight is 250 g/mol. The van der Waals surface area contributed by atoms with E-state index < -0.39 is 0 Å². The Hall–Kier alpha value is -1.10. The van der Waals surface area contributed by atoms with Crippen molar-refractivity contribution in [1.82, 2.24) is 4.90 Å². The molecule has 2 rings (SSSR count). The molecule has 0 saturated carbocycles. The molecule has 4 heteroatoms. The van der Waals surface area contributed by atoms with Crippen LogP contribution in [0.25, 0.3) is 0 Å². The van der Waals surface area contributed by atoms with Crippen LogP contribution in [-0.4, -0.2) is 11.4 Å². The fourth-order valence-corrected chi connectivity index (χ4v) is 2.49. The first-order valence-electron chi connectivity index (χ1n) is 5.84. The summed E-state index contributed by atoms with van der Waals surface area (Å²) in [6, 6.07) is 8.22. The Labute approximate surface area is 106 Å². The first-order valence-corrected chi connectivity index (χ1v) is 6.72. The third kappa shape index (κ3) is 3.43. The van der Waals surface area contributed by atoms with E-state index in [-0.39, 0.29) is 0 Å². The summed E-state index contributed by atoms with van der Waals surface area (Å²) in [4.78, 5) is 3.74. The Morgan fingerprint density at radius 3 is 2.65 bits per heavy atom. The van der Waals surface area contributed by atoms with Crippen LogP contribution in [-0.2, 0) is 19.6 Å². The van der Waals surface area contributed by atoms with Crippen molar-refractivity contribution >= 4 is 11.3 Å². The van der Waals surface area contributed by atoms with Gasteiger partial charge in [-0.15, -0.1) is 11.3 Å². The summed E-state index contributed by atoms with van der Waals surface area (Å²) in [6.07, 6.45) is 0. The van der Waals surface area contributed by atoms with Crippen LogP contribution in [0.15, 0.2) is 34.1 Å². The molecule has 0 saturated heterocycles. The van der Waals surface area contributed by atoms with E-state index in [1.165, 1.54) is 4.88 Å². The van der Waals surface area contributed by atoms with Gasteiger partial charge in [-0.25, -0.2) is 0 Å². The molecule has 3 nitrogen and oxygen atoms in total. The monoisotopic (exact) mass is 250 g/mol. The SMILES string of the molecule is CCN(Cc1ccc(CN)o1)Cc1cccs1. The minimum atomic E-state index is 0.469. The van der Waals surface area contributed by atoms with Gasteiger partial charge in [0.1, 0.15) is 11.5 Å². The van der Waals surface area contributed by atoms with Gasteiger partial charge < -0.3 is 10.2 Å². The fourth-order valence-electron chi connectivity index (χ4n) is 1.74. The van der Waals surface area contributed by atoms with Gasteiger partial charge >= 0.3 is 0 Å². The van der Waals surface area contributed by atoms with Crippen LogP contribution >= 0.6 is 11.3 Å². The van der Waals surface area contributed by atoms with Gasteiger partial charge in [0.25, 0.3) is 0 Å². The Kier molecular flexibility index (Phi) is 4.36. The number of thiophene rings is 1. The fraction of sp³-hybridized carbons (Fsp3) is 0.385. The van der Waals surface area contributed by atoms with E-state index in [2.05, 4.69) is 29.3 Å². The molecule has 2 aromatic rings. The summed E-state index contributed by atoms with van der Waals surface area (Å²) in [5.41, 5.74) is 5.53. The Balaban J connectivity index is 1.95. The maximum Gasteiger partial charge on any atom is 0.118 e. The first kappa shape index (κ1) is 12.4. The van der Waals surface area contributed by atoms with Crippen LogP contribution in [0.5, 0.6) is 0 Å². The minimum Gasteiger partial charge on any atom is -0.463 e. The Morgan fingerprint density at radius 1 is 1.24 bits per heavy atom. The van der Waals surface area contributed by atoms with Crippen LogP contribution in [0.2, 0.25) is 0 Å². The largest absolute Gasteiger partial charge is 0.463 e. The molecule has 0 spiro atoms. The van der Waals surface area contributed by atoms with Gasteiger partial charge in [-0.3, -0.25) is 4.90 Å². The predicted octanol–water partition coefficient (Wildman–Crippen LogP) is 2.82. The van der Waals surface area contributed by atoms with Crippen molar-refractivity contribution in [3.63, 3.8) is 0 Å². The summed E-state index contributed by atoms with van der Waals surface area (Å²) < 4.78 is 5.62. The molecule has 0 amide bonds. The topological polar surface area (TPSA) is 42.4 Å². The lowest BCUT2D eigenvalue weighted by atomic mass is 10.3. The zero-order chi connectivity index (χ0) is 12.1. The van der Waals surface area contributed by atoms with Crippen LogP contribution in [0.3, 0.4) is 0 Å². The van der Waals surface area contributed by atoms with E-state index in [1.807, 2.05) is 12.1 Å². The van der Waals surface area contributed by atoms with Crippen LogP contribution in [0.1, 0.15) is 23.3 Å². The molecule has 0 radical (unpaired) electrons. The van der Waals surface area contributed by atoms with Gasteiger partial charge in [-0.2, -0.15) is 0 Å². The smallest absolute Gasteiger partial charge is 0.118 e. The molecule has 0 aromatic carbocycles. The maximum atomic E-state index is 5.62. The highest BCUT2D eigenvalue weighted by molar-refractivity contribution is 7.09. The number of hydrogen-bond donors (Lipinski definition) is 1. The lowest BCUT2D eigenvalue weighted by Gasteiger charge is -2.17. The molecular weight excluding hydrogens is 232 g/mol. The van der Waals surface area contributed by atoms with Crippen molar-refractivity contribution in [2.45, 2.75) is 26.6 Å². The molecule has 92 valence electrons. The van der Waals surface area contributed by atoms with Gasteiger partial charge in [-0.1, -0.05) is 13.0 Å². The lowest BCUT2D eigenvalue weighted by molar-refractivity contribution is 0.247. The molecule has 0 unspecified atom stereocenters. The molecule has 0 bridgehead atoms. The number of rotatable bonds is 6. The van der Waals surface area contributed by atoms with Gasteiger partial charge in [0.15, 0.2) is 0 Å². The molecule has 0 aliphatic rings. The van der Waals surface area contributed by atoms with E-state index in [9.17, 15) is 0 Å². The highest BCUT2D eigenvalue weighted by Gasteiger charge is 2.08. The highest BCUT2D eigenvalue weighted by atomic mass is 32.1. The zero-order valence-corrected chi connectivity index (χ0v) is 10.9. The van der Waals surface area contributed by atoms with Crippen LogP contribution < -0.4 is 5.73 Å². The van der Waals surface area contributed by atoms with E-state index in [4.69, 9.17) is 10.2 Å². The second-order valence-corrected chi connectivity index (χ2v) is 4.99. The first-order chi connectivity index (χ1) is 8.31. The van der Waals surface area contributed by atoms with Crippen LogP contribution in [0.4, 0.5) is 0 Å². The van der Waals surface area contributed by atoms with Crippen LogP contribution in [0, 0.1) is 0 Å². The van der Waals surface area contributed by atoms with Gasteiger partial charge in [-0.05, 0) is 30.1 Å². The molecule has 0 aliphatic carbocycles. The van der Waals surface area contributed by atoms with E-state index in [0.29, 0.717) is 6.54 Å². The molecule has 0 fully saturated rings. The number of nitrogens with two attached hydrogens (primary N) is 1. The third-order valence-corrected chi connectivity index (χ3v) is 3.57. The zero-order valence-electron chi connectivity index (χ0n) is 10.1. The summed E-state index contributed by atoms with van der Waals surface area (Å²) in [5.74, 6) is 1.84. The molecule has 2 aromatic heterocycles. The molecular formula is C13H18N2OS. The van der Waals surface area contributed by atoms with E-state index in [0.717, 1.165) is 31.2 Å². The molecule has 2 heterocycles. The highest BCUT2D eigenvalue weighted by Crippen LogP contribution is 2.15. The predicted molar refractivity (Wildman–Crippen MR) is 70.7 cm³/mol. The van der Waals surface area contributed by atoms with E-state index >= 15 is 0 Å². The average Bonchev–Trinajstić information content (AvgIpc) is 2.99. The molecule has 2 N–H and O–H groups in total. The summed E-state index contributed by atoms with van der Waals surface area (Å²) in [5, 5.41) is 2.11. The van der Waals surface area contributed by atoms with Gasteiger partial charge in [0.2, 0.25) is 0 Å². The normalized spacial score (nSPS) is 11.2. The summed E-state index contributed by atoms with van der Waals surface area (Å²) in [7, 11) is 0. The number of furan rings is 1. The second kappa shape index (κ2) is 6.00. The number of nitrogens with zero attached hydrogens (tertiary/aromatic N) is 1. The molecule has 0 aliphatic heterocycles. The van der Waals surface area contributed by atoms with Crippen molar-refractivity contribution < 1.29 is 4.42 Å². The maximum absolute atomic E-state index is 5.62. The quantitative estimate of drug-likeness (QED) is 0.857. The van der Waals surface area contributed by atoms with Crippen molar-refractivity contribution in [2.24, 2.45) is 5.73 Å². The Morgan fingerprint density at radius 2 is 2.06 bits per heavy atom. The van der Waals surface area contributed by atoms with Gasteiger partial charge in [0, 0.05) is 11.4 Å². The Bertz CT molecular complexity index is 436. The minimum absolute atomic E-state index is 0.469. The summed E-state index contributed by atoms with van der Waals surface area (Å²) in [6.45, 7) is 5.47. The van der Waals surface area contributed by atoms with Crippen molar-refractivity contribution in [1.29, 1.82) is 0 Å². The standard InChI is InChI=1S/C13H18N2OS/c1-2-15(10-13-4-3-7-17-13)9-12-6-5-11(8-14)16-12/h3-7H,2,8-10,14H2,1H3. The van der Waals surface area contributed by atoms with Crippen molar-refractivity contribution in [2.75, 3.05) is 6.54 Å². The number of hydrogen-bond acceptors (Lipinski definition) is 4. The second-order valence-electron chi connectivity index (χ2n) is 3.95. The lowest BCUT2D eigenvalue weighted by Crippen LogP contribution is -2.21. The van der Waals surface area contributed by atoms with Gasteiger partial charge in [0.05, 0.1) is 13.1 Å². The van der Waals surface area contributed by atoms with Crippen molar-refractivity contribution in [3.05, 3.63) is 46.0 Å². The molecule has 0 atom stereocenters. The molecule has 17 heavy (non-hydrogen) atoms.